The zero-order valence-corrected chi connectivity index (χ0v) is 16.5. The van der Waals surface area contributed by atoms with Crippen LogP contribution in [0.25, 0.3) is 0 Å². The summed E-state index contributed by atoms with van der Waals surface area (Å²) in [6.07, 6.45) is 0.815. The van der Waals surface area contributed by atoms with Gasteiger partial charge in [-0.1, -0.05) is 32.4 Å². The summed E-state index contributed by atoms with van der Waals surface area (Å²) < 4.78 is 31.6. The number of benzene rings is 1. The largest absolute Gasteiger partial charge is 0.383 e. The molecule has 0 saturated carbocycles. The topological polar surface area (TPSA) is 111 Å². The lowest BCUT2D eigenvalue weighted by Crippen LogP contribution is -2.44. The van der Waals surface area contributed by atoms with Crippen molar-refractivity contribution in [2.45, 2.75) is 37.8 Å². The molecule has 1 aromatic rings. The molecule has 1 aromatic carbocycles. The van der Waals surface area contributed by atoms with E-state index in [0.29, 0.717) is 12.2 Å². The van der Waals surface area contributed by atoms with E-state index in [1.807, 2.05) is 13.8 Å². The fourth-order valence-corrected chi connectivity index (χ4v) is 3.09. The highest BCUT2D eigenvalue weighted by Gasteiger charge is 2.19. The van der Waals surface area contributed by atoms with E-state index >= 15 is 0 Å². The van der Waals surface area contributed by atoms with E-state index in [4.69, 9.17) is 10.5 Å². The highest BCUT2D eigenvalue weighted by molar-refractivity contribution is 7.89. The maximum Gasteiger partial charge on any atom is 0.240 e. The number of hydrogen-bond acceptors (Lipinski definition) is 5. The van der Waals surface area contributed by atoms with Crippen LogP contribution in [0.3, 0.4) is 0 Å². The number of carbonyl (C=O) groups excluding carboxylic acids is 1. The Balaban J connectivity index is 0.00000576. The lowest BCUT2D eigenvalue weighted by Gasteiger charge is -2.17. The lowest BCUT2D eigenvalue weighted by molar-refractivity contribution is -0.123. The third kappa shape index (κ3) is 7.70. The van der Waals surface area contributed by atoms with Crippen molar-refractivity contribution in [1.82, 2.24) is 10.0 Å². The van der Waals surface area contributed by atoms with Crippen molar-refractivity contribution in [3.8, 4) is 0 Å². The van der Waals surface area contributed by atoms with E-state index in [2.05, 4.69) is 10.0 Å². The third-order valence-corrected chi connectivity index (χ3v) is 5.29. The van der Waals surface area contributed by atoms with Gasteiger partial charge in [0.15, 0.2) is 0 Å². The van der Waals surface area contributed by atoms with Crippen LogP contribution in [0.15, 0.2) is 29.2 Å². The molecule has 144 valence electrons. The molecule has 2 atom stereocenters. The molecule has 0 radical (unpaired) electrons. The van der Waals surface area contributed by atoms with Gasteiger partial charge < -0.3 is 15.8 Å². The maximum absolute atomic E-state index is 12.2. The van der Waals surface area contributed by atoms with Crippen LogP contribution >= 0.6 is 12.4 Å². The first-order chi connectivity index (χ1) is 11.3. The Morgan fingerprint density at radius 3 is 2.64 bits per heavy atom. The fourth-order valence-electron chi connectivity index (χ4n) is 2.00. The van der Waals surface area contributed by atoms with E-state index in [1.54, 1.807) is 12.1 Å². The molecule has 25 heavy (non-hydrogen) atoms. The molecule has 0 heterocycles. The maximum atomic E-state index is 12.2. The van der Waals surface area contributed by atoms with Crippen LogP contribution in [-0.4, -0.2) is 40.6 Å². The summed E-state index contributed by atoms with van der Waals surface area (Å²) in [7, 11) is -2.09. The predicted molar refractivity (Wildman–Crippen MR) is 100 cm³/mol. The molecule has 0 fully saturated rings. The molecule has 0 aromatic heterocycles. The molecule has 0 aliphatic heterocycles. The van der Waals surface area contributed by atoms with Crippen LogP contribution in [-0.2, 0) is 26.1 Å². The zero-order chi connectivity index (χ0) is 18.2. The summed E-state index contributed by atoms with van der Waals surface area (Å²) in [4.78, 5) is 12.1. The first-order valence-corrected chi connectivity index (χ1v) is 9.41. The molecule has 2 unspecified atom stereocenters. The van der Waals surface area contributed by atoms with Crippen molar-refractivity contribution in [2.24, 2.45) is 11.7 Å². The molecule has 0 spiro atoms. The van der Waals surface area contributed by atoms with Gasteiger partial charge in [0, 0.05) is 20.2 Å². The van der Waals surface area contributed by atoms with E-state index in [-0.39, 0.29) is 42.2 Å². The molecular formula is C16H28ClN3O4S. The summed E-state index contributed by atoms with van der Waals surface area (Å²) in [5.41, 5.74) is 6.56. The molecule has 0 aliphatic rings. The molecular weight excluding hydrogens is 366 g/mol. The number of methoxy groups -OCH3 is 1. The van der Waals surface area contributed by atoms with E-state index in [9.17, 15) is 13.2 Å². The first kappa shape index (κ1) is 23.8. The Bertz CT molecular complexity index is 640. The third-order valence-electron chi connectivity index (χ3n) is 3.83. The second-order valence-electron chi connectivity index (χ2n) is 5.67. The molecule has 7 nitrogen and oxygen atoms in total. The number of halogens is 1. The Hall–Kier alpha value is -1.19. The van der Waals surface area contributed by atoms with Gasteiger partial charge in [0.2, 0.25) is 15.9 Å². The second kappa shape index (κ2) is 11.4. The van der Waals surface area contributed by atoms with Gasteiger partial charge in [-0.25, -0.2) is 13.1 Å². The van der Waals surface area contributed by atoms with Crippen molar-refractivity contribution >= 4 is 28.3 Å². The Morgan fingerprint density at radius 1 is 1.36 bits per heavy atom. The van der Waals surface area contributed by atoms with Gasteiger partial charge in [-0.05, 0) is 23.6 Å². The average Bonchev–Trinajstić information content (AvgIpc) is 2.58. The number of sulfonamides is 1. The van der Waals surface area contributed by atoms with E-state index in [1.165, 1.54) is 19.2 Å². The lowest BCUT2D eigenvalue weighted by atomic mass is 9.99. The van der Waals surface area contributed by atoms with Crippen molar-refractivity contribution in [2.75, 3.05) is 20.3 Å². The molecule has 1 amide bonds. The number of carbonyl (C=O) groups is 1. The number of ether oxygens (including phenoxy) is 1. The quantitative estimate of drug-likeness (QED) is 0.514. The number of hydrogen-bond donors (Lipinski definition) is 3. The summed E-state index contributed by atoms with van der Waals surface area (Å²) in [6, 6.07) is 5.86. The monoisotopic (exact) mass is 393 g/mol. The molecule has 0 aliphatic carbocycles. The Kier molecular flexibility index (Phi) is 10.9. The summed E-state index contributed by atoms with van der Waals surface area (Å²) in [5.74, 6) is -0.155. The second-order valence-corrected chi connectivity index (χ2v) is 7.43. The zero-order valence-electron chi connectivity index (χ0n) is 14.8. The number of nitrogens with two attached hydrogens (primary N) is 1. The molecule has 9 heteroatoms. The molecule has 0 saturated heterocycles. The standard InChI is InChI=1S/C16H27N3O4S.ClH/c1-4-12(2)15(17)16(20)18-11-13-6-5-7-14(10-13)24(21,22)19-8-9-23-3;/h5-7,10,12,15,19H,4,8-9,11,17H2,1-3H3,(H,18,20);1H. The Morgan fingerprint density at radius 2 is 2.04 bits per heavy atom. The van der Waals surface area contributed by atoms with Gasteiger partial charge in [-0.3, -0.25) is 4.79 Å². The van der Waals surface area contributed by atoms with Gasteiger partial charge in [0.25, 0.3) is 0 Å². The first-order valence-electron chi connectivity index (χ1n) is 7.92. The van der Waals surface area contributed by atoms with Crippen LogP contribution in [0.1, 0.15) is 25.8 Å². The summed E-state index contributed by atoms with van der Waals surface area (Å²) >= 11 is 0. The molecule has 4 N–H and O–H groups in total. The Labute approximate surface area is 156 Å². The van der Waals surface area contributed by atoms with Crippen molar-refractivity contribution in [1.29, 1.82) is 0 Å². The number of nitrogens with one attached hydrogen (secondary N) is 2. The highest BCUT2D eigenvalue weighted by atomic mass is 35.5. The van der Waals surface area contributed by atoms with Crippen LogP contribution < -0.4 is 15.8 Å². The normalized spacial score (nSPS) is 13.6. The van der Waals surface area contributed by atoms with Crippen molar-refractivity contribution in [3.05, 3.63) is 29.8 Å². The van der Waals surface area contributed by atoms with Crippen molar-refractivity contribution in [3.63, 3.8) is 0 Å². The van der Waals surface area contributed by atoms with Gasteiger partial charge in [-0.2, -0.15) is 0 Å². The van der Waals surface area contributed by atoms with Crippen LogP contribution in [0.5, 0.6) is 0 Å². The molecule has 1 rings (SSSR count). The smallest absolute Gasteiger partial charge is 0.240 e. The summed E-state index contributed by atoms with van der Waals surface area (Å²) in [5, 5.41) is 2.75. The highest BCUT2D eigenvalue weighted by Crippen LogP contribution is 2.12. The van der Waals surface area contributed by atoms with Gasteiger partial charge >= 0.3 is 0 Å². The minimum Gasteiger partial charge on any atom is -0.383 e. The van der Waals surface area contributed by atoms with E-state index in [0.717, 1.165) is 6.42 Å². The van der Waals surface area contributed by atoms with Crippen LogP contribution in [0.4, 0.5) is 0 Å². The minimum atomic E-state index is -3.59. The van der Waals surface area contributed by atoms with Gasteiger partial charge in [0.1, 0.15) is 0 Å². The predicted octanol–water partition coefficient (Wildman–Crippen LogP) is 1.02. The number of amides is 1. The SMILES string of the molecule is CCC(C)C(N)C(=O)NCc1cccc(S(=O)(=O)NCCOC)c1.Cl. The summed E-state index contributed by atoms with van der Waals surface area (Å²) in [6.45, 7) is 4.61. The van der Waals surface area contributed by atoms with Crippen LogP contribution in [0.2, 0.25) is 0 Å². The fraction of sp³-hybridized carbons (Fsp3) is 0.562. The van der Waals surface area contributed by atoms with Crippen molar-refractivity contribution < 1.29 is 17.9 Å². The van der Waals surface area contributed by atoms with Gasteiger partial charge in [-0.15, -0.1) is 12.4 Å². The van der Waals surface area contributed by atoms with Gasteiger partial charge in [0.05, 0.1) is 17.5 Å². The van der Waals surface area contributed by atoms with Crippen LogP contribution in [0, 0.1) is 5.92 Å². The number of rotatable bonds is 10. The average molecular weight is 394 g/mol. The molecule has 0 bridgehead atoms. The van der Waals surface area contributed by atoms with E-state index < -0.39 is 16.1 Å². The minimum absolute atomic E-state index is 0.